The highest BCUT2D eigenvalue weighted by Gasteiger charge is 2.36. The number of carboxylic acids is 1. The molecule has 0 aromatic heterocycles. The van der Waals surface area contributed by atoms with Gasteiger partial charge in [0.15, 0.2) is 0 Å². The van der Waals surface area contributed by atoms with Gasteiger partial charge in [0, 0.05) is 12.5 Å². The first kappa shape index (κ1) is 14.4. The molecule has 108 valence electrons. The van der Waals surface area contributed by atoms with Crippen LogP contribution in [0.1, 0.15) is 51.9 Å². The van der Waals surface area contributed by atoms with Crippen molar-refractivity contribution in [3.63, 3.8) is 0 Å². The van der Waals surface area contributed by atoms with E-state index < -0.39 is 5.97 Å². The highest BCUT2D eigenvalue weighted by atomic mass is 16.4. The number of amides is 1. The third-order valence-electron chi connectivity index (χ3n) is 4.91. The van der Waals surface area contributed by atoms with Crippen LogP contribution in [0.3, 0.4) is 0 Å². The number of fused-ring (bicyclic) bond motifs is 1. The average Bonchev–Trinajstić information content (AvgIpc) is 2.43. The van der Waals surface area contributed by atoms with Crippen LogP contribution in [0.4, 0.5) is 0 Å². The largest absolute Gasteiger partial charge is 0.480 e. The Hall–Kier alpha value is -1.06. The van der Waals surface area contributed by atoms with E-state index in [4.69, 9.17) is 5.11 Å². The van der Waals surface area contributed by atoms with Crippen LogP contribution in [0, 0.1) is 17.8 Å². The fourth-order valence-electron chi connectivity index (χ4n) is 3.86. The summed E-state index contributed by atoms with van der Waals surface area (Å²) >= 11 is 0. The Labute approximate surface area is 115 Å². The fraction of sp³-hybridized carbons (Fsp3) is 0.867. The number of nitrogens with zero attached hydrogens (tertiary/aromatic N) is 1. The molecule has 0 aromatic carbocycles. The molecule has 3 atom stereocenters. The standard InChI is InChI=1S/C15H25NO3/c1-2-16(10-14(17)18)15(19)13-8-7-11-5-3-4-6-12(11)9-13/h11-13H,2-10H2,1H3,(H,17,18). The van der Waals surface area contributed by atoms with E-state index >= 15 is 0 Å². The molecular formula is C15H25NO3. The van der Waals surface area contributed by atoms with Crippen molar-refractivity contribution >= 4 is 11.9 Å². The van der Waals surface area contributed by atoms with E-state index in [0.29, 0.717) is 12.5 Å². The Balaban J connectivity index is 1.93. The molecule has 0 bridgehead atoms. The van der Waals surface area contributed by atoms with Crippen LogP contribution in [-0.4, -0.2) is 35.0 Å². The lowest BCUT2D eigenvalue weighted by atomic mass is 9.67. The molecule has 3 unspecified atom stereocenters. The molecule has 2 fully saturated rings. The van der Waals surface area contributed by atoms with Gasteiger partial charge in [-0.15, -0.1) is 0 Å². The molecule has 1 N–H and O–H groups in total. The second-order valence-electron chi connectivity index (χ2n) is 6.06. The Morgan fingerprint density at radius 2 is 1.79 bits per heavy atom. The smallest absolute Gasteiger partial charge is 0.323 e. The van der Waals surface area contributed by atoms with Crippen molar-refractivity contribution in [2.45, 2.75) is 51.9 Å². The number of likely N-dealkylation sites (N-methyl/N-ethyl adjacent to an activating group) is 1. The lowest BCUT2D eigenvalue weighted by Gasteiger charge is -2.39. The van der Waals surface area contributed by atoms with E-state index in [1.165, 1.54) is 30.6 Å². The van der Waals surface area contributed by atoms with Crippen LogP contribution in [-0.2, 0) is 9.59 Å². The number of carbonyl (C=O) groups excluding carboxylic acids is 1. The normalized spacial score (nSPS) is 30.5. The summed E-state index contributed by atoms with van der Waals surface area (Å²) in [4.78, 5) is 24.7. The maximum absolute atomic E-state index is 12.4. The molecule has 0 saturated heterocycles. The zero-order valence-corrected chi connectivity index (χ0v) is 11.8. The zero-order valence-electron chi connectivity index (χ0n) is 11.8. The van der Waals surface area contributed by atoms with Crippen molar-refractivity contribution < 1.29 is 14.7 Å². The van der Waals surface area contributed by atoms with Crippen molar-refractivity contribution in [2.24, 2.45) is 17.8 Å². The molecule has 0 aliphatic heterocycles. The molecule has 2 aliphatic carbocycles. The maximum Gasteiger partial charge on any atom is 0.323 e. The summed E-state index contributed by atoms with van der Waals surface area (Å²) in [6.07, 6.45) is 8.34. The predicted octanol–water partition coefficient (Wildman–Crippen LogP) is 2.53. The van der Waals surface area contributed by atoms with Gasteiger partial charge in [-0.25, -0.2) is 0 Å². The Morgan fingerprint density at radius 3 is 2.42 bits per heavy atom. The summed E-state index contributed by atoms with van der Waals surface area (Å²) in [7, 11) is 0. The molecule has 0 heterocycles. The summed E-state index contributed by atoms with van der Waals surface area (Å²) in [5.74, 6) is 0.751. The van der Waals surface area contributed by atoms with Gasteiger partial charge in [0.1, 0.15) is 6.54 Å². The second kappa shape index (κ2) is 6.40. The maximum atomic E-state index is 12.4. The lowest BCUT2D eigenvalue weighted by molar-refractivity contribution is -0.147. The number of aliphatic carboxylic acids is 1. The van der Waals surface area contributed by atoms with Crippen LogP contribution in [0.2, 0.25) is 0 Å². The van der Waals surface area contributed by atoms with Gasteiger partial charge in [0.2, 0.25) is 5.91 Å². The molecule has 0 radical (unpaired) electrons. The number of carbonyl (C=O) groups is 2. The Morgan fingerprint density at radius 1 is 1.11 bits per heavy atom. The topological polar surface area (TPSA) is 57.6 Å². The van der Waals surface area contributed by atoms with E-state index in [2.05, 4.69) is 0 Å². The summed E-state index contributed by atoms with van der Waals surface area (Å²) in [5.41, 5.74) is 0. The predicted molar refractivity (Wildman–Crippen MR) is 72.7 cm³/mol. The van der Waals surface area contributed by atoms with Gasteiger partial charge >= 0.3 is 5.97 Å². The number of rotatable bonds is 4. The summed E-state index contributed by atoms with van der Waals surface area (Å²) in [5, 5.41) is 8.86. The molecular weight excluding hydrogens is 242 g/mol. The van der Waals surface area contributed by atoms with Crippen LogP contribution in [0.5, 0.6) is 0 Å². The molecule has 2 aliphatic rings. The zero-order chi connectivity index (χ0) is 13.8. The minimum Gasteiger partial charge on any atom is -0.480 e. The lowest BCUT2D eigenvalue weighted by Crippen LogP contribution is -2.42. The van der Waals surface area contributed by atoms with Crippen molar-refractivity contribution in [3.8, 4) is 0 Å². The van der Waals surface area contributed by atoms with E-state index in [1.807, 2.05) is 6.92 Å². The van der Waals surface area contributed by atoms with Crippen molar-refractivity contribution in [3.05, 3.63) is 0 Å². The average molecular weight is 267 g/mol. The molecule has 2 rings (SSSR count). The Kier molecular flexibility index (Phi) is 4.83. The van der Waals surface area contributed by atoms with Crippen LogP contribution < -0.4 is 0 Å². The van der Waals surface area contributed by atoms with Gasteiger partial charge in [0.05, 0.1) is 0 Å². The molecule has 2 saturated carbocycles. The van der Waals surface area contributed by atoms with Crippen molar-refractivity contribution in [1.82, 2.24) is 4.90 Å². The molecule has 4 heteroatoms. The van der Waals surface area contributed by atoms with Crippen molar-refractivity contribution in [2.75, 3.05) is 13.1 Å². The first-order chi connectivity index (χ1) is 9.11. The SMILES string of the molecule is CCN(CC(=O)O)C(=O)C1CCC2CCCCC2C1. The first-order valence-corrected chi connectivity index (χ1v) is 7.62. The fourth-order valence-corrected chi connectivity index (χ4v) is 3.86. The molecule has 0 aromatic rings. The van der Waals surface area contributed by atoms with Gasteiger partial charge < -0.3 is 10.0 Å². The van der Waals surface area contributed by atoms with E-state index in [1.54, 1.807) is 0 Å². The minimum absolute atomic E-state index is 0.0638. The Bertz CT molecular complexity index is 342. The molecule has 4 nitrogen and oxygen atoms in total. The highest BCUT2D eigenvalue weighted by Crippen LogP contribution is 2.43. The van der Waals surface area contributed by atoms with Gasteiger partial charge in [-0.3, -0.25) is 9.59 Å². The quantitative estimate of drug-likeness (QED) is 0.851. The van der Waals surface area contributed by atoms with E-state index in [-0.39, 0.29) is 18.4 Å². The molecule has 1 amide bonds. The van der Waals surface area contributed by atoms with Crippen LogP contribution in [0.25, 0.3) is 0 Å². The van der Waals surface area contributed by atoms with Crippen LogP contribution in [0.15, 0.2) is 0 Å². The summed E-state index contributed by atoms with van der Waals surface area (Å²) < 4.78 is 0. The molecule has 0 spiro atoms. The molecule has 19 heavy (non-hydrogen) atoms. The number of carboxylic acid groups (broad SMARTS) is 1. The second-order valence-corrected chi connectivity index (χ2v) is 6.06. The third-order valence-corrected chi connectivity index (χ3v) is 4.91. The number of hydrogen-bond acceptors (Lipinski definition) is 2. The number of hydrogen-bond donors (Lipinski definition) is 1. The van der Waals surface area contributed by atoms with Crippen LogP contribution >= 0.6 is 0 Å². The summed E-state index contributed by atoms with van der Waals surface area (Å²) in [6, 6.07) is 0. The monoisotopic (exact) mass is 267 g/mol. The minimum atomic E-state index is -0.915. The summed E-state index contributed by atoms with van der Waals surface area (Å²) in [6.45, 7) is 2.20. The highest BCUT2D eigenvalue weighted by molar-refractivity contribution is 5.83. The van der Waals surface area contributed by atoms with Gasteiger partial charge in [-0.1, -0.05) is 25.7 Å². The van der Waals surface area contributed by atoms with Gasteiger partial charge in [-0.05, 0) is 38.0 Å². The van der Waals surface area contributed by atoms with Gasteiger partial charge in [-0.2, -0.15) is 0 Å². The van der Waals surface area contributed by atoms with E-state index in [0.717, 1.165) is 25.2 Å². The third kappa shape index (κ3) is 3.48. The first-order valence-electron chi connectivity index (χ1n) is 7.62. The van der Waals surface area contributed by atoms with Gasteiger partial charge in [0.25, 0.3) is 0 Å². The van der Waals surface area contributed by atoms with E-state index in [9.17, 15) is 9.59 Å². The van der Waals surface area contributed by atoms with Crippen molar-refractivity contribution in [1.29, 1.82) is 0 Å².